The molecule has 1 saturated heterocycles. The van der Waals surface area contributed by atoms with Gasteiger partial charge >= 0.3 is 0 Å². The van der Waals surface area contributed by atoms with E-state index in [4.69, 9.17) is 11.6 Å². The van der Waals surface area contributed by atoms with Crippen molar-refractivity contribution in [3.63, 3.8) is 0 Å². The minimum absolute atomic E-state index is 0.0615. The Morgan fingerprint density at radius 3 is 2.50 bits per heavy atom. The smallest absolute Gasteiger partial charge is 0.266 e. The number of hydrogen-bond donors (Lipinski definition) is 1. The molecule has 1 aliphatic heterocycles. The van der Waals surface area contributed by atoms with E-state index in [-0.39, 0.29) is 16.7 Å². The van der Waals surface area contributed by atoms with Crippen LogP contribution in [0.5, 0.6) is 0 Å². The average molecular weight is 500 g/mol. The van der Waals surface area contributed by atoms with Crippen LogP contribution in [0.4, 0.5) is 26.0 Å². The molecule has 0 spiro atoms. The molecule has 0 aliphatic carbocycles. The molecule has 174 valence electrons. The summed E-state index contributed by atoms with van der Waals surface area (Å²) in [6, 6.07) is 10.8. The van der Waals surface area contributed by atoms with E-state index in [1.165, 1.54) is 41.9 Å². The molecule has 0 atom stereocenters. The molecule has 10 heteroatoms. The first kappa shape index (κ1) is 22.5. The molecule has 4 aromatic rings. The van der Waals surface area contributed by atoms with Crippen LogP contribution in [0.25, 0.3) is 10.2 Å². The summed E-state index contributed by atoms with van der Waals surface area (Å²) in [6.07, 6.45) is 1.50. The van der Waals surface area contributed by atoms with Gasteiger partial charge in [0.05, 0.1) is 21.0 Å². The fraction of sp³-hybridized carbons (Fsp3) is 0.208. The first-order valence-corrected chi connectivity index (χ1v) is 11.9. The maximum absolute atomic E-state index is 14.2. The number of aromatic nitrogens is 2. The Bertz CT molecular complexity index is 1390. The van der Waals surface area contributed by atoms with Gasteiger partial charge in [0.1, 0.15) is 28.6 Å². The molecule has 34 heavy (non-hydrogen) atoms. The minimum atomic E-state index is -0.548. The van der Waals surface area contributed by atoms with Gasteiger partial charge in [-0.3, -0.25) is 4.79 Å². The van der Waals surface area contributed by atoms with Gasteiger partial charge in [-0.25, -0.2) is 18.7 Å². The lowest BCUT2D eigenvalue weighted by molar-refractivity contribution is 0.103. The first-order valence-electron chi connectivity index (χ1n) is 10.7. The van der Waals surface area contributed by atoms with E-state index in [0.29, 0.717) is 47.3 Å². The third kappa shape index (κ3) is 4.17. The molecule has 0 unspecified atom stereocenters. The third-order valence-electron chi connectivity index (χ3n) is 5.86. The minimum Gasteiger partial charge on any atom is -0.366 e. The number of rotatable bonds is 4. The Labute approximate surface area is 203 Å². The van der Waals surface area contributed by atoms with Crippen molar-refractivity contribution in [3.8, 4) is 0 Å². The number of para-hydroxylation sites is 1. The van der Waals surface area contributed by atoms with Crippen molar-refractivity contribution in [1.82, 2.24) is 9.97 Å². The SMILES string of the molecule is Cc1c(C(=O)Nc2ccc(F)c(Cl)c2)sc2ncnc(N3CCN(c4ccccc4F)CC3)c12. The summed E-state index contributed by atoms with van der Waals surface area (Å²) < 4.78 is 27.6. The summed E-state index contributed by atoms with van der Waals surface area (Å²) in [5.41, 5.74) is 1.78. The number of aryl methyl sites for hydroxylation is 1. The number of benzene rings is 2. The molecule has 1 aliphatic rings. The topological polar surface area (TPSA) is 61.4 Å². The molecule has 1 fully saturated rings. The fourth-order valence-electron chi connectivity index (χ4n) is 4.14. The maximum Gasteiger partial charge on any atom is 0.266 e. The van der Waals surface area contributed by atoms with E-state index in [0.717, 1.165) is 16.8 Å². The summed E-state index contributed by atoms with van der Waals surface area (Å²) in [4.78, 5) is 27.3. The van der Waals surface area contributed by atoms with Crippen molar-refractivity contribution in [2.45, 2.75) is 6.92 Å². The van der Waals surface area contributed by atoms with Crippen molar-refractivity contribution in [2.75, 3.05) is 41.3 Å². The number of piperazine rings is 1. The number of amides is 1. The molecular formula is C24H20ClF2N5OS. The number of carbonyl (C=O) groups is 1. The number of hydrogen-bond acceptors (Lipinski definition) is 6. The van der Waals surface area contributed by atoms with Gasteiger partial charge in [0.2, 0.25) is 0 Å². The van der Waals surface area contributed by atoms with Crippen LogP contribution >= 0.6 is 22.9 Å². The second-order valence-electron chi connectivity index (χ2n) is 7.94. The zero-order chi connectivity index (χ0) is 23.8. The second-order valence-corrected chi connectivity index (χ2v) is 9.35. The largest absolute Gasteiger partial charge is 0.366 e. The van der Waals surface area contributed by atoms with Crippen LogP contribution in [0.3, 0.4) is 0 Å². The summed E-state index contributed by atoms with van der Waals surface area (Å²) in [7, 11) is 0. The predicted octanol–water partition coefficient (Wildman–Crippen LogP) is 5.51. The molecule has 0 radical (unpaired) electrons. The van der Waals surface area contributed by atoms with Crippen LogP contribution in [0.1, 0.15) is 15.2 Å². The van der Waals surface area contributed by atoms with Crippen molar-refractivity contribution in [3.05, 3.63) is 75.9 Å². The number of nitrogens with one attached hydrogen (secondary N) is 1. The number of thiophene rings is 1. The van der Waals surface area contributed by atoms with Gasteiger partial charge in [-0.05, 0) is 42.8 Å². The number of fused-ring (bicyclic) bond motifs is 1. The van der Waals surface area contributed by atoms with Gasteiger partial charge in [-0.1, -0.05) is 23.7 Å². The van der Waals surface area contributed by atoms with Gasteiger partial charge in [0, 0.05) is 31.9 Å². The lowest BCUT2D eigenvalue weighted by Crippen LogP contribution is -2.47. The number of carbonyl (C=O) groups excluding carboxylic acids is 1. The monoisotopic (exact) mass is 499 g/mol. The summed E-state index contributed by atoms with van der Waals surface area (Å²) in [5.74, 6) is -0.339. The molecule has 0 saturated carbocycles. The summed E-state index contributed by atoms with van der Waals surface area (Å²) >= 11 is 7.11. The molecule has 1 N–H and O–H groups in total. The molecule has 0 bridgehead atoms. The molecule has 2 aromatic heterocycles. The zero-order valence-corrected chi connectivity index (χ0v) is 19.8. The van der Waals surface area contributed by atoms with Crippen molar-refractivity contribution >= 4 is 56.3 Å². The highest BCUT2D eigenvalue weighted by molar-refractivity contribution is 7.20. The summed E-state index contributed by atoms with van der Waals surface area (Å²) in [6.45, 7) is 4.48. The van der Waals surface area contributed by atoms with Gasteiger partial charge in [0.25, 0.3) is 5.91 Å². The Balaban J connectivity index is 1.39. The van der Waals surface area contributed by atoms with E-state index in [9.17, 15) is 13.6 Å². The van der Waals surface area contributed by atoms with Crippen LogP contribution in [-0.4, -0.2) is 42.1 Å². The van der Waals surface area contributed by atoms with Gasteiger partial charge in [0.15, 0.2) is 0 Å². The number of anilines is 3. The first-order chi connectivity index (χ1) is 16.4. The van der Waals surface area contributed by atoms with Crippen LogP contribution < -0.4 is 15.1 Å². The highest BCUT2D eigenvalue weighted by Gasteiger charge is 2.25. The lowest BCUT2D eigenvalue weighted by atomic mass is 10.1. The lowest BCUT2D eigenvalue weighted by Gasteiger charge is -2.37. The highest BCUT2D eigenvalue weighted by atomic mass is 35.5. The zero-order valence-electron chi connectivity index (χ0n) is 18.2. The Morgan fingerprint density at radius 1 is 1.03 bits per heavy atom. The molecular weight excluding hydrogens is 480 g/mol. The van der Waals surface area contributed by atoms with Crippen LogP contribution in [-0.2, 0) is 0 Å². The van der Waals surface area contributed by atoms with Gasteiger partial charge < -0.3 is 15.1 Å². The second kappa shape index (κ2) is 9.15. The van der Waals surface area contributed by atoms with Crippen molar-refractivity contribution in [2.24, 2.45) is 0 Å². The van der Waals surface area contributed by atoms with Crippen LogP contribution in [0.15, 0.2) is 48.8 Å². The van der Waals surface area contributed by atoms with Crippen molar-refractivity contribution < 1.29 is 13.6 Å². The van der Waals surface area contributed by atoms with E-state index in [2.05, 4.69) is 20.2 Å². The van der Waals surface area contributed by atoms with Gasteiger partial charge in [-0.2, -0.15) is 0 Å². The summed E-state index contributed by atoms with van der Waals surface area (Å²) in [5, 5.41) is 3.54. The number of halogens is 3. The van der Waals surface area contributed by atoms with E-state index in [1.54, 1.807) is 12.1 Å². The maximum atomic E-state index is 14.2. The van der Waals surface area contributed by atoms with E-state index < -0.39 is 5.82 Å². The Kier molecular flexibility index (Phi) is 6.05. The molecule has 2 aromatic carbocycles. The van der Waals surface area contributed by atoms with Crippen LogP contribution in [0.2, 0.25) is 5.02 Å². The third-order valence-corrected chi connectivity index (χ3v) is 7.35. The Hall–Kier alpha value is -3.30. The highest BCUT2D eigenvalue weighted by Crippen LogP contribution is 2.36. The normalized spacial score (nSPS) is 14.0. The molecule has 1 amide bonds. The molecule has 5 rings (SSSR count). The predicted molar refractivity (Wildman–Crippen MR) is 132 cm³/mol. The fourth-order valence-corrected chi connectivity index (χ4v) is 5.36. The van der Waals surface area contributed by atoms with Crippen LogP contribution in [0, 0.1) is 18.6 Å². The number of nitrogens with zero attached hydrogens (tertiary/aromatic N) is 4. The van der Waals surface area contributed by atoms with Gasteiger partial charge in [-0.15, -0.1) is 11.3 Å². The quantitative estimate of drug-likeness (QED) is 0.401. The molecule has 3 heterocycles. The Morgan fingerprint density at radius 2 is 1.76 bits per heavy atom. The van der Waals surface area contributed by atoms with E-state index >= 15 is 0 Å². The van der Waals surface area contributed by atoms with E-state index in [1.807, 2.05) is 17.9 Å². The standard InChI is InChI=1S/C24H20ClF2N5OS/c1-14-20-22(32-10-8-31(9-11-32)19-5-3-2-4-18(19)27)28-13-29-24(20)34-21(14)23(33)30-15-6-7-17(26)16(25)12-15/h2-7,12-13H,8-11H2,1H3,(H,30,33). The van der Waals surface area contributed by atoms with Crippen molar-refractivity contribution in [1.29, 1.82) is 0 Å². The molecule has 6 nitrogen and oxygen atoms in total. The average Bonchev–Trinajstić information content (AvgIpc) is 3.19.